The topological polar surface area (TPSA) is 64.3 Å². The first-order valence-electron chi connectivity index (χ1n) is 9.35. The molecule has 0 heterocycles. The summed E-state index contributed by atoms with van der Waals surface area (Å²) in [4.78, 5) is 12.5. The number of methoxy groups -OCH3 is 1. The van der Waals surface area contributed by atoms with Crippen LogP contribution in [0.2, 0.25) is 0 Å². The molecule has 138 valence electrons. The Balaban J connectivity index is 1.66. The fraction of sp³-hybridized carbons (Fsp3) is 0.409. The van der Waals surface area contributed by atoms with Crippen LogP contribution in [-0.2, 0) is 16.6 Å². The lowest BCUT2D eigenvalue weighted by Crippen LogP contribution is -2.47. The van der Waals surface area contributed by atoms with E-state index >= 15 is 0 Å². The Hall–Kier alpha value is -2.33. The van der Waals surface area contributed by atoms with Gasteiger partial charge in [0.2, 0.25) is 5.91 Å². The van der Waals surface area contributed by atoms with E-state index in [1.54, 1.807) is 7.11 Å². The molecule has 1 unspecified atom stereocenters. The highest BCUT2D eigenvalue weighted by Crippen LogP contribution is 2.41. The number of nitrogens with two attached hydrogens (primary N) is 1. The minimum atomic E-state index is -0.527. The summed E-state index contributed by atoms with van der Waals surface area (Å²) in [5.74, 6) is 0.781. The summed E-state index contributed by atoms with van der Waals surface area (Å²) in [6, 6.07) is 17.6. The van der Waals surface area contributed by atoms with Crippen LogP contribution in [0.1, 0.15) is 36.8 Å². The van der Waals surface area contributed by atoms with Crippen LogP contribution < -0.4 is 15.8 Å². The molecule has 0 spiro atoms. The fourth-order valence-electron chi connectivity index (χ4n) is 3.92. The SMILES string of the molecule is COc1cccc(C2(CNC(=O)C(N)Cc3ccccc3)CCCC2)c1. The predicted molar refractivity (Wildman–Crippen MR) is 104 cm³/mol. The van der Waals surface area contributed by atoms with Gasteiger partial charge in [-0.2, -0.15) is 0 Å². The van der Waals surface area contributed by atoms with Crippen LogP contribution in [0.25, 0.3) is 0 Å². The Bertz CT molecular complexity index is 724. The van der Waals surface area contributed by atoms with Gasteiger partial charge in [-0.1, -0.05) is 55.3 Å². The zero-order valence-electron chi connectivity index (χ0n) is 15.4. The van der Waals surface area contributed by atoms with Crippen LogP contribution in [-0.4, -0.2) is 25.6 Å². The van der Waals surface area contributed by atoms with E-state index in [-0.39, 0.29) is 11.3 Å². The van der Waals surface area contributed by atoms with E-state index in [0.717, 1.165) is 24.2 Å². The molecule has 2 aromatic rings. The third-order valence-corrected chi connectivity index (χ3v) is 5.48. The largest absolute Gasteiger partial charge is 0.497 e. The number of rotatable bonds is 7. The number of nitrogens with one attached hydrogen (secondary N) is 1. The Morgan fingerprint density at radius 3 is 2.58 bits per heavy atom. The summed E-state index contributed by atoms with van der Waals surface area (Å²) in [5.41, 5.74) is 8.44. The van der Waals surface area contributed by atoms with E-state index in [0.29, 0.717) is 13.0 Å². The first-order chi connectivity index (χ1) is 12.6. The normalized spacial score (nSPS) is 16.8. The standard InChI is InChI=1S/C22H28N2O2/c1-26-19-11-7-10-18(15-19)22(12-5-6-13-22)16-24-21(25)20(23)14-17-8-3-2-4-9-17/h2-4,7-11,15,20H,5-6,12-14,16,23H2,1H3,(H,24,25). The fourth-order valence-corrected chi connectivity index (χ4v) is 3.92. The molecule has 1 aliphatic rings. The number of ether oxygens (including phenoxy) is 1. The minimum Gasteiger partial charge on any atom is -0.497 e. The number of carbonyl (C=O) groups is 1. The number of hydrogen-bond acceptors (Lipinski definition) is 3. The monoisotopic (exact) mass is 352 g/mol. The molecule has 1 aliphatic carbocycles. The second-order valence-corrected chi connectivity index (χ2v) is 7.23. The van der Waals surface area contributed by atoms with Crippen LogP contribution >= 0.6 is 0 Å². The van der Waals surface area contributed by atoms with E-state index < -0.39 is 6.04 Å². The van der Waals surface area contributed by atoms with E-state index in [1.807, 2.05) is 42.5 Å². The van der Waals surface area contributed by atoms with Crippen molar-refractivity contribution in [1.82, 2.24) is 5.32 Å². The van der Waals surface area contributed by atoms with Gasteiger partial charge >= 0.3 is 0 Å². The Morgan fingerprint density at radius 2 is 1.88 bits per heavy atom. The summed E-state index contributed by atoms with van der Waals surface area (Å²) in [6.45, 7) is 0.626. The highest BCUT2D eigenvalue weighted by Gasteiger charge is 2.36. The van der Waals surface area contributed by atoms with Crippen LogP contribution in [0.5, 0.6) is 5.75 Å². The Labute approximate surface area is 155 Å². The van der Waals surface area contributed by atoms with Crippen molar-refractivity contribution >= 4 is 5.91 Å². The van der Waals surface area contributed by atoms with Gasteiger partial charge in [-0.3, -0.25) is 4.79 Å². The zero-order valence-corrected chi connectivity index (χ0v) is 15.4. The van der Waals surface area contributed by atoms with Gasteiger partial charge in [0.05, 0.1) is 13.2 Å². The lowest BCUT2D eigenvalue weighted by molar-refractivity contribution is -0.122. The Morgan fingerprint density at radius 1 is 1.15 bits per heavy atom. The van der Waals surface area contributed by atoms with Crippen molar-refractivity contribution in [2.45, 2.75) is 43.6 Å². The van der Waals surface area contributed by atoms with Crippen molar-refractivity contribution in [3.8, 4) is 5.75 Å². The molecule has 1 saturated carbocycles. The van der Waals surface area contributed by atoms with Crippen LogP contribution in [0, 0.1) is 0 Å². The molecule has 4 heteroatoms. The molecule has 0 aromatic heterocycles. The van der Waals surface area contributed by atoms with Gasteiger partial charge in [-0.05, 0) is 42.5 Å². The van der Waals surface area contributed by atoms with Gasteiger partial charge in [0.15, 0.2) is 0 Å². The van der Waals surface area contributed by atoms with Crippen LogP contribution in [0.4, 0.5) is 0 Å². The maximum atomic E-state index is 12.5. The molecule has 1 amide bonds. The van der Waals surface area contributed by atoms with E-state index in [9.17, 15) is 4.79 Å². The summed E-state index contributed by atoms with van der Waals surface area (Å²) in [5, 5.41) is 3.12. The van der Waals surface area contributed by atoms with Crippen molar-refractivity contribution < 1.29 is 9.53 Å². The van der Waals surface area contributed by atoms with Crippen molar-refractivity contribution in [2.75, 3.05) is 13.7 Å². The quantitative estimate of drug-likeness (QED) is 0.804. The maximum absolute atomic E-state index is 12.5. The van der Waals surface area contributed by atoms with Gasteiger partial charge in [-0.25, -0.2) is 0 Å². The highest BCUT2D eigenvalue weighted by atomic mass is 16.5. The highest BCUT2D eigenvalue weighted by molar-refractivity contribution is 5.82. The lowest BCUT2D eigenvalue weighted by atomic mass is 9.78. The number of benzene rings is 2. The van der Waals surface area contributed by atoms with Gasteiger partial charge in [-0.15, -0.1) is 0 Å². The molecule has 0 aliphatic heterocycles. The number of amides is 1. The molecular weight excluding hydrogens is 324 g/mol. The number of hydrogen-bond donors (Lipinski definition) is 2. The molecule has 0 bridgehead atoms. The summed E-state index contributed by atoms with van der Waals surface area (Å²) >= 11 is 0. The lowest BCUT2D eigenvalue weighted by Gasteiger charge is -2.31. The van der Waals surface area contributed by atoms with Gasteiger partial charge < -0.3 is 15.8 Å². The number of carbonyl (C=O) groups excluding carboxylic acids is 1. The first-order valence-corrected chi connectivity index (χ1v) is 9.35. The molecular formula is C22H28N2O2. The van der Waals surface area contributed by atoms with Crippen molar-refractivity contribution in [3.05, 3.63) is 65.7 Å². The minimum absolute atomic E-state index is 0.0172. The smallest absolute Gasteiger partial charge is 0.237 e. The molecule has 2 aromatic carbocycles. The van der Waals surface area contributed by atoms with Crippen LogP contribution in [0.15, 0.2) is 54.6 Å². The van der Waals surface area contributed by atoms with Crippen molar-refractivity contribution in [3.63, 3.8) is 0 Å². The molecule has 1 atom stereocenters. The first kappa shape index (κ1) is 18.5. The maximum Gasteiger partial charge on any atom is 0.237 e. The average Bonchev–Trinajstić information content (AvgIpc) is 3.17. The molecule has 26 heavy (non-hydrogen) atoms. The predicted octanol–water partition coefficient (Wildman–Crippen LogP) is 3.19. The molecule has 1 fully saturated rings. The van der Waals surface area contributed by atoms with E-state index in [2.05, 4.69) is 17.4 Å². The van der Waals surface area contributed by atoms with Crippen molar-refractivity contribution in [2.24, 2.45) is 5.73 Å². The molecule has 3 rings (SSSR count). The second-order valence-electron chi connectivity index (χ2n) is 7.23. The molecule has 4 nitrogen and oxygen atoms in total. The third-order valence-electron chi connectivity index (χ3n) is 5.48. The van der Waals surface area contributed by atoms with E-state index in [4.69, 9.17) is 10.5 Å². The zero-order chi connectivity index (χ0) is 18.4. The van der Waals surface area contributed by atoms with Gasteiger partial charge in [0, 0.05) is 12.0 Å². The van der Waals surface area contributed by atoms with Gasteiger partial charge in [0.1, 0.15) is 5.75 Å². The molecule has 3 N–H and O–H groups in total. The van der Waals surface area contributed by atoms with Crippen LogP contribution in [0.3, 0.4) is 0 Å². The summed E-state index contributed by atoms with van der Waals surface area (Å²) in [6.07, 6.45) is 5.08. The second kappa shape index (κ2) is 8.37. The Kier molecular flexibility index (Phi) is 5.94. The van der Waals surface area contributed by atoms with E-state index in [1.165, 1.54) is 18.4 Å². The van der Waals surface area contributed by atoms with Crippen molar-refractivity contribution in [1.29, 1.82) is 0 Å². The summed E-state index contributed by atoms with van der Waals surface area (Å²) < 4.78 is 5.38. The average molecular weight is 352 g/mol. The molecule has 0 saturated heterocycles. The summed E-state index contributed by atoms with van der Waals surface area (Å²) in [7, 11) is 1.69. The third kappa shape index (κ3) is 4.25. The molecule has 0 radical (unpaired) electrons. The van der Waals surface area contributed by atoms with Gasteiger partial charge in [0.25, 0.3) is 0 Å².